The van der Waals surface area contributed by atoms with Gasteiger partial charge in [-0.2, -0.15) is 13.2 Å². The molecule has 3 nitrogen and oxygen atoms in total. The zero-order chi connectivity index (χ0) is 12.6. The fourth-order valence-corrected chi connectivity index (χ4v) is 1.64. The molecule has 0 fully saturated rings. The first kappa shape index (κ1) is 11.9. The number of rotatable bonds is 1. The highest BCUT2D eigenvalue weighted by molar-refractivity contribution is 6.34. The quantitative estimate of drug-likeness (QED) is 0.740. The minimum Gasteiger partial charge on any atom is -0.496 e. The topological polar surface area (TPSA) is 35.0 Å². The Kier molecular flexibility index (Phi) is 2.82. The number of alkyl halides is 3. The fourth-order valence-electron chi connectivity index (χ4n) is 1.44. The summed E-state index contributed by atoms with van der Waals surface area (Å²) < 4.78 is 42.9. The molecule has 7 heteroatoms. The van der Waals surface area contributed by atoms with Gasteiger partial charge in [0.15, 0.2) is 0 Å². The van der Waals surface area contributed by atoms with Crippen molar-refractivity contribution >= 4 is 22.5 Å². The zero-order valence-electron chi connectivity index (χ0n) is 8.55. The molecular formula is C10H6ClF3N2O. The summed E-state index contributed by atoms with van der Waals surface area (Å²) in [5.41, 5.74) is -0.598. The van der Waals surface area contributed by atoms with Crippen LogP contribution in [0.25, 0.3) is 10.9 Å². The van der Waals surface area contributed by atoms with Crippen molar-refractivity contribution in [1.82, 2.24) is 9.97 Å². The molecule has 1 aromatic carbocycles. The van der Waals surface area contributed by atoms with Crippen molar-refractivity contribution in [3.8, 4) is 5.75 Å². The standard InChI is InChI=1S/C10H6ClF3N2O/c1-17-8-3-7-5(9(11)16-4-15-7)2-6(8)10(12,13)14/h2-4H,1H3. The van der Waals surface area contributed by atoms with E-state index in [1.54, 1.807) is 0 Å². The van der Waals surface area contributed by atoms with Crippen LogP contribution < -0.4 is 4.74 Å². The molecular weight excluding hydrogens is 257 g/mol. The van der Waals surface area contributed by atoms with Gasteiger partial charge in [-0.05, 0) is 6.07 Å². The minimum atomic E-state index is -4.52. The Morgan fingerprint density at radius 3 is 2.53 bits per heavy atom. The number of methoxy groups -OCH3 is 1. The third-order valence-electron chi connectivity index (χ3n) is 2.21. The second-order valence-corrected chi connectivity index (χ2v) is 3.59. The summed E-state index contributed by atoms with van der Waals surface area (Å²) in [5, 5.41) is 0.116. The van der Waals surface area contributed by atoms with E-state index in [4.69, 9.17) is 16.3 Å². The second kappa shape index (κ2) is 4.03. The van der Waals surface area contributed by atoms with Gasteiger partial charge in [-0.25, -0.2) is 9.97 Å². The van der Waals surface area contributed by atoms with Gasteiger partial charge < -0.3 is 4.74 Å². The predicted molar refractivity (Wildman–Crippen MR) is 56.1 cm³/mol. The first-order chi connectivity index (χ1) is 7.93. The van der Waals surface area contributed by atoms with Gasteiger partial charge in [0.25, 0.3) is 0 Å². The lowest BCUT2D eigenvalue weighted by Crippen LogP contribution is -2.07. The number of ether oxygens (including phenoxy) is 1. The number of hydrogen-bond donors (Lipinski definition) is 0. The SMILES string of the molecule is COc1cc2ncnc(Cl)c2cc1C(F)(F)F. The largest absolute Gasteiger partial charge is 0.496 e. The van der Waals surface area contributed by atoms with Gasteiger partial charge in [-0.15, -0.1) is 0 Å². The van der Waals surface area contributed by atoms with Crippen LogP contribution in [-0.4, -0.2) is 17.1 Å². The number of hydrogen-bond acceptors (Lipinski definition) is 3. The van der Waals surface area contributed by atoms with Gasteiger partial charge >= 0.3 is 6.18 Å². The molecule has 0 saturated heterocycles. The number of aromatic nitrogens is 2. The van der Waals surface area contributed by atoms with E-state index in [1.165, 1.54) is 19.5 Å². The summed E-state index contributed by atoms with van der Waals surface area (Å²) in [6.45, 7) is 0. The van der Waals surface area contributed by atoms with E-state index in [2.05, 4.69) is 9.97 Å². The van der Waals surface area contributed by atoms with Crippen LogP contribution in [0.4, 0.5) is 13.2 Å². The molecule has 0 atom stereocenters. The minimum absolute atomic E-state index is 0.0249. The van der Waals surface area contributed by atoms with Gasteiger partial charge in [-0.3, -0.25) is 0 Å². The van der Waals surface area contributed by atoms with E-state index >= 15 is 0 Å². The molecule has 0 aliphatic rings. The molecule has 0 aliphatic heterocycles. The second-order valence-electron chi connectivity index (χ2n) is 3.23. The highest BCUT2D eigenvalue weighted by atomic mass is 35.5. The molecule has 17 heavy (non-hydrogen) atoms. The van der Waals surface area contributed by atoms with Crippen molar-refractivity contribution in [3.63, 3.8) is 0 Å². The van der Waals surface area contributed by atoms with Crippen LogP contribution in [0.1, 0.15) is 5.56 Å². The van der Waals surface area contributed by atoms with Gasteiger partial charge in [0.2, 0.25) is 0 Å². The first-order valence-corrected chi connectivity index (χ1v) is 4.86. The van der Waals surface area contributed by atoms with E-state index in [-0.39, 0.29) is 16.3 Å². The Labute approximate surface area is 99.2 Å². The summed E-state index contributed by atoms with van der Waals surface area (Å²) in [6.07, 6.45) is -3.34. The maximum Gasteiger partial charge on any atom is 0.419 e. The molecule has 2 aromatic rings. The lowest BCUT2D eigenvalue weighted by Gasteiger charge is -2.12. The zero-order valence-corrected chi connectivity index (χ0v) is 9.30. The summed E-state index contributed by atoms with van der Waals surface area (Å²) >= 11 is 5.72. The third-order valence-corrected chi connectivity index (χ3v) is 2.51. The summed E-state index contributed by atoms with van der Waals surface area (Å²) in [5.74, 6) is -0.292. The highest BCUT2D eigenvalue weighted by Crippen LogP contribution is 2.39. The van der Waals surface area contributed by atoms with Crippen molar-refractivity contribution in [2.45, 2.75) is 6.18 Å². The normalized spacial score (nSPS) is 11.8. The maximum absolute atomic E-state index is 12.7. The van der Waals surface area contributed by atoms with Crippen LogP contribution in [0.2, 0.25) is 5.15 Å². The predicted octanol–water partition coefficient (Wildman–Crippen LogP) is 3.31. The Morgan fingerprint density at radius 1 is 1.24 bits per heavy atom. The average Bonchev–Trinajstić information content (AvgIpc) is 2.26. The maximum atomic E-state index is 12.7. The molecule has 0 aliphatic carbocycles. The lowest BCUT2D eigenvalue weighted by atomic mass is 10.1. The van der Waals surface area contributed by atoms with E-state index < -0.39 is 11.7 Å². The van der Waals surface area contributed by atoms with E-state index in [1.807, 2.05) is 0 Å². The molecule has 0 spiro atoms. The van der Waals surface area contributed by atoms with E-state index in [0.29, 0.717) is 5.52 Å². The third kappa shape index (κ3) is 2.12. The van der Waals surface area contributed by atoms with Crippen LogP contribution in [0.15, 0.2) is 18.5 Å². The Bertz CT molecular complexity index is 571. The molecule has 1 heterocycles. The number of nitrogens with zero attached hydrogens (tertiary/aromatic N) is 2. The molecule has 0 N–H and O–H groups in total. The Hall–Kier alpha value is -1.56. The van der Waals surface area contributed by atoms with Crippen LogP contribution in [0.3, 0.4) is 0 Å². The molecule has 0 amide bonds. The smallest absolute Gasteiger partial charge is 0.419 e. The van der Waals surface area contributed by atoms with Gasteiger partial charge in [0.1, 0.15) is 17.2 Å². The van der Waals surface area contributed by atoms with Crippen molar-refractivity contribution < 1.29 is 17.9 Å². The summed E-state index contributed by atoms with van der Waals surface area (Å²) in [6, 6.07) is 2.07. The van der Waals surface area contributed by atoms with Crippen molar-refractivity contribution in [3.05, 3.63) is 29.2 Å². The first-order valence-electron chi connectivity index (χ1n) is 4.49. The number of halogens is 4. The molecule has 0 unspecified atom stereocenters. The Morgan fingerprint density at radius 2 is 1.94 bits per heavy atom. The molecule has 1 aromatic heterocycles. The monoisotopic (exact) mass is 262 g/mol. The number of fused-ring (bicyclic) bond motifs is 1. The van der Waals surface area contributed by atoms with Crippen LogP contribution in [0.5, 0.6) is 5.75 Å². The van der Waals surface area contributed by atoms with Crippen molar-refractivity contribution in [1.29, 1.82) is 0 Å². The fraction of sp³-hybridized carbons (Fsp3) is 0.200. The summed E-state index contributed by atoms with van der Waals surface area (Å²) in [4.78, 5) is 7.46. The van der Waals surface area contributed by atoms with E-state index in [0.717, 1.165) is 6.07 Å². The molecule has 2 rings (SSSR count). The van der Waals surface area contributed by atoms with Crippen LogP contribution in [0, 0.1) is 0 Å². The van der Waals surface area contributed by atoms with E-state index in [9.17, 15) is 13.2 Å². The van der Waals surface area contributed by atoms with Crippen molar-refractivity contribution in [2.24, 2.45) is 0 Å². The van der Waals surface area contributed by atoms with Gasteiger partial charge in [0.05, 0.1) is 18.2 Å². The lowest BCUT2D eigenvalue weighted by molar-refractivity contribution is -0.138. The summed E-state index contributed by atoms with van der Waals surface area (Å²) in [7, 11) is 1.17. The number of benzene rings is 1. The highest BCUT2D eigenvalue weighted by Gasteiger charge is 2.35. The molecule has 0 radical (unpaired) electrons. The van der Waals surface area contributed by atoms with Crippen LogP contribution in [-0.2, 0) is 6.18 Å². The van der Waals surface area contributed by atoms with Gasteiger partial charge in [-0.1, -0.05) is 11.6 Å². The molecule has 0 saturated carbocycles. The van der Waals surface area contributed by atoms with Crippen LogP contribution >= 0.6 is 11.6 Å². The van der Waals surface area contributed by atoms with Crippen molar-refractivity contribution in [2.75, 3.05) is 7.11 Å². The molecule has 90 valence electrons. The Balaban J connectivity index is 2.79. The average molecular weight is 263 g/mol. The van der Waals surface area contributed by atoms with Gasteiger partial charge in [0, 0.05) is 11.5 Å². The molecule has 0 bridgehead atoms.